The molecule has 35 heavy (non-hydrogen) atoms. The van der Waals surface area contributed by atoms with E-state index in [1.54, 1.807) is 24.3 Å². The van der Waals surface area contributed by atoms with Crippen LogP contribution in [0, 0.1) is 11.8 Å². The van der Waals surface area contributed by atoms with E-state index in [-0.39, 0.29) is 29.7 Å². The maximum atomic E-state index is 13.3. The van der Waals surface area contributed by atoms with Crippen LogP contribution in [0.4, 0.5) is 0 Å². The van der Waals surface area contributed by atoms with Crippen LogP contribution in [0.25, 0.3) is 0 Å². The number of nitrogens with one attached hydrogen (secondary N) is 2. The van der Waals surface area contributed by atoms with Gasteiger partial charge in [-0.3, -0.25) is 14.4 Å². The van der Waals surface area contributed by atoms with Gasteiger partial charge in [-0.1, -0.05) is 58.2 Å². The van der Waals surface area contributed by atoms with Crippen LogP contribution in [0.1, 0.15) is 86.8 Å². The van der Waals surface area contributed by atoms with Crippen molar-refractivity contribution in [3.8, 4) is 0 Å². The number of hydrogen-bond donors (Lipinski definition) is 2. The number of benzene rings is 1. The lowest BCUT2D eigenvalue weighted by atomic mass is 9.83. The molecule has 3 atom stereocenters. The number of carbonyl (C=O) groups is 3. The number of aryl methyl sites for hydroxylation is 1. The Balaban J connectivity index is 1.73. The lowest BCUT2D eigenvalue weighted by Gasteiger charge is -2.32. The van der Waals surface area contributed by atoms with Crippen molar-refractivity contribution in [3.05, 3.63) is 52.3 Å². The van der Waals surface area contributed by atoms with Gasteiger partial charge in [-0.25, -0.2) is 4.79 Å². The van der Waals surface area contributed by atoms with Crippen LogP contribution in [0.15, 0.2) is 39.5 Å². The van der Waals surface area contributed by atoms with Crippen molar-refractivity contribution in [3.63, 3.8) is 0 Å². The highest BCUT2D eigenvalue weighted by molar-refractivity contribution is 5.99. The van der Waals surface area contributed by atoms with E-state index >= 15 is 0 Å². The molecule has 0 spiro atoms. The second-order valence-electron chi connectivity index (χ2n) is 9.64. The molecule has 2 N–H and O–H groups in total. The summed E-state index contributed by atoms with van der Waals surface area (Å²) >= 11 is 0. The second-order valence-corrected chi connectivity index (χ2v) is 9.64. The van der Waals surface area contributed by atoms with E-state index in [2.05, 4.69) is 15.7 Å². The van der Waals surface area contributed by atoms with Crippen LogP contribution in [-0.2, 0) is 11.3 Å². The molecule has 1 saturated carbocycles. The highest BCUT2D eigenvalue weighted by Crippen LogP contribution is 2.26. The third-order valence-electron chi connectivity index (χ3n) is 6.34. The van der Waals surface area contributed by atoms with E-state index < -0.39 is 23.5 Å². The molecule has 1 heterocycles. The van der Waals surface area contributed by atoms with E-state index in [1.165, 1.54) is 0 Å². The molecule has 0 radical (unpaired) electrons. The Morgan fingerprint density at radius 3 is 2.54 bits per heavy atom. The van der Waals surface area contributed by atoms with Gasteiger partial charge in [0.1, 0.15) is 0 Å². The number of carbonyl (C=O) groups excluding carboxylic acids is 3. The predicted octanol–water partition coefficient (Wildman–Crippen LogP) is 3.34. The maximum absolute atomic E-state index is 13.3. The first-order valence-electron chi connectivity index (χ1n) is 12.6. The first-order chi connectivity index (χ1) is 16.8. The molecule has 1 aromatic heterocycles. The second kappa shape index (κ2) is 12.5. The number of amides is 2. The summed E-state index contributed by atoms with van der Waals surface area (Å²) in [5.41, 5.74) is 0.541. The Hall–Kier alpha value is -3.23. The normalized spacial score (nSPS) is 18.7. The Morgan fingerprint density at radius 2 is 1.86 bits per heavy atom. The molecule has 0 aliphatic heterocycles. The zero-order valence-electron chi connectivity index (χ0n) is 20.8. The molecule has 9 heteroatoms. The topological polar surface area (TPSA) is 123 Å². The van der Waals surface area contributed by atoms with Crippen molar-refractivity contribution >= 4 is 17.6 Å². The summed E-state index contributed by atoms with van der Waals surface area (Å²) in [6.45, 7) is 6.27. The third-order valence-corrected chi connectivity index (χ3v) is 6.34. The van der Waals surface area contributed by atoms with Gasteiger partial charge in [-0.15, -0.1) is 5.10 Å². The molecule has 9 nitrogen and oxygen atoms in total. The predicted molar refractivity (Wildman–Crippen MR) is 131 cm³/mol. The summed E-state index contributed by atoms with van der Waals surface area (Å²) in [5.74, 6) is -2.31. The minimum absolute atomic E-state index is 0.109. The average molecular weight is 485 g/mol. The third kappa shape index (κ3) is 7.13. The van der Waals surface area contributed by atoms with Gasteiger partial charge in [-0.2, -0.15) is 4.68 Å². The minimum Gasteiger partial charge on any atom is -0.384 e. The first kappa shape index (κ1) is 26.4. The van der Waals surface area contributed by atoms with Crippen molar-refractivity contribution in [1.82, 2.24) is 20.4 Å². The van der Waals surface area contributed by atoms with Gasteiger partial charge in [0.15, 0.2) is 0 Å². The van der Waals surface area contributed by atoms with Crippen LogP contribution in [0.2, 0.25) is 0 Å². The summed E-state index contributed by atoms with van der Waals surface area (Å²) in [5, 5.41) is 9.95. The fraction of sp³-hybridized carbons (Fsp3) is 0.577. The Labute approximate surface area is 205 Å². The SMILES string of the molecule is CCCCn1nc(C(=O)[C@H](CC(C)C)NC(=O)[C@@H]2CCCC[C@@H]2NC(=O)c2ccccc2)oc1=O. The molecule has 3 rings (SSSR count). The molecule has 1 aliphatic rings. The van der Waals surface area contributed by atoms with Crippen molar-refractivity contribution in [1.29, 1.82) is 0 Å². The number of nitrogens with zero attached hydrogens (tertiary/aromatic N) is 2. The lowest BCUT2D eigenvalue weighted by Crippen LogP contribution is -2.52. The molecule has 1 fully saturated rings. The van der Waals surface area contributed by atoms with Crippen molar-refractivity contribution in [2.24, 2.45) is 11.8 Å². The fourth-order valence-corrected chi connectivity index (χ4v) is 4.44. The summed E-state index contributed by atoms with van der Waals surface area (Å²) < 4.78 is 6.28. The van der Waals surface area contributed by atoms with Gasteiger partial charge < -0.3 is 15.1 Å². The van der Waals surface area contributed by atoms with Crippen molar-refractivity contribution < 1.29 is 18.8 Å². The Morgan fingerprint density at radius 1 is 1.14 bits per heavy atom. The van der Waals surface area contributed by atoms with E-state index in [4.69, 9.17) is 4.42 Å². The van der Waals surface area contributed by atoms with Crippen LogP contribution in [0.5, 0.6) is 0 Å². The standard InChI is InChI=1S/C26H36N4O5/c1-4-5-15-30-26(34)35-25(29-30)22(31)21(16-17(2)3)28-24(33)19-13-9-10-14-20(19)27-23(32)18-11-7-6-8-12-18/h6-8,11-12,17,19-21H,4-5,9-10,13-16H2,1-3H3,(H,27,32)(H,28,33)/t19-,20+,21+/m1/s1. The largest absolute Gasteiger partial charge is 0.437 e. The van der Waals surface area contributed by atoms with E-state index in [1.807, 2.05) is 26.8 Å². The maximum Gasteiger partial charge on any atom is 0.437 e. The van der Waals surface area contributed by atoms with Crippen LogP contribution >= 0.6 is 0 Å². The number of ketones is 1. The van der Waals surface area contributed by atoms with Gasteiger partial charge in [0.2, 0.25) is 11.7 Å². The van der Waals surface area contributed by atoms with Gasteiger partial charge in [0.25, 0.3) is 11.8 Å². The van der Waals surface area contributed by atoms with Crippen LogP contribution < -0.4 is 16.4 Å². The molecule has 0 unspecified atom stereocenters. The van der Waals surface area contributed by atoms with E-state index in [0.717, 1.165) is 30.4 Å². The first-order valence-corrected chi connectivity index (χ1v) is 12.6. The molecular weight excluding hydrogens is 448 g/mol. The quantitative estimate of drug-likeness (QED) is 0.472. The molecular formula is C26H36N4O5. The average Bonchev–Trinajstić information content (AvgIpc) is 3.22. The monoisotopic (exact) mass is 484 g/mol. The molecule has 0 bridgehead atoms. The summed E-state index contributed by atoms with van der Waals surface area (Å²) in [6, 6.07) is 7.71. The van der Waals surface area contributed by atoms with Crippen LogP contribution in [-0.4, -0.2) is 39.5 Å². The smallest absolute Gasteiger partial charge is 0.384 e. The summed E-state index contributed by atoms with van der Waals surface area (Å²) in [4.78, 5) is 51.3. The molecule has 1 aliphatic carbocycles. The summed E-state index contributed by atoms with van der Waals surface area (Å²) in [6.07, 6.45) is 5.09. The van der Waals surface area contributed by atoms with Gasteiger partial charge >= 0.3 is 5.76 Å². The zero-order valence-corrected chi connectivity index (χ0v) is 20.8. The highest BCUT2D eigenvalue weighted by atomic mass is 16.4. The number of Topliss-reactive ketones (excluding diaryl/α,β-unsaturated/α-hetero) is 1. The molecule has 0 saturated heterocycles. The Bertz CT molecular complexity index is 1060. The molecule has 1 aromatic carbocycles. The molecule has 2 aromatic rings. The zero-order chi connectivity index (χ0) is 25.4. The number of hydrogen-bond acceptors (Lipinski definition) is 6. The van der Waals surface area contributed by atoms with Crippen LogP contribution in [0.3, 0.4) is 0 Å². The van der Waals surface area contributed by atoms with E-state index in [0.29, 0.717) is 31.4 Å². The lowest BCUT2D eigenvalue weighted by molar-refractivity contribution is -0.127. The number of unbranched alkanes of at least 4 members (excludes halogenated alkanes) is 1. The van der Waals surface area contributed by atoms with Crippen molar-refractivity contribution in [2.75, 3.05) is 0 Å². The number of rotatable bonds is 11. The minimum atomic E-state index is -0.868. The van der Waals surface area contributed by atoms with E-state index in [9.17, 15) is 19.2 Å². The highest BCUT2D eigenvalue weighted by Gasteiger charge is 2.35. The van der Waals surface area contributed by atoms with Crippen molar-refractivity contribution in [2.45, 2.75) is 84.3 Å². The molecule has 2 amide bonds. The summed E-state index contributed by atoms with van der Waals surface area (Å²) in [7, 11) is 0. The van der Waals surface area contributed by atoms with Gasteiger partial charge in [0.05, 0.1) is 12.0 Å². The number of aromatic nitrogens is 2. The Kier molecular flexibility index (Phi) is 9.39. The van der Waals surface area contributed by atoms with Gasteiger partial charge in [-0.05, 0) is 43.7 Å². The van der Waals surface area contributed by atoms with Gasteiger partial charge in [0, 0.05) is 18.2 Å². The fourth-order valence-electron chi connectivity index (χ4n) is 4.44. The molecule has 190 valence electrons.